The normalized spacial score (nSPS) is 11.4. The number of rotatable bonds is 7. The molecule has 0 bridgehead atoms. The fourth-order valence-corrected chi connectivity index (χ4v) is 6.92. The standard InChI is InChI=1S/C27H25ClN2O5S2/c1-5-35-27(32)24-17(4)22(25(31)29-19-13-12-15(2)16(3)14-19)26(36-24)30-37(33,34)21-11-7-9-18-8-6-10-20(28)23(18)21/h6-14,30H,5H2,1-4H3,(H,29,31). The minimum Gasteiger partial charge on any atom is -0.462 e. The van der Waals surface area contributed by atoms with Crippen LogP contribution in [0.5, 0.6) is 0 Å². The van der Waals surface area contributed by atoms with Gasteiger partial charge < -0.3 is 10.1 Å². The summed E-state index contributed by atoms with van der Waals surface area (Å²) in [5.74, 6) is -1.19. The first-order chi connectivity index (χ1) is 17.5. The molecule has 192 valence electrons. The fraction of sp³-hybridized carbons (Fsp3) is 0.185. The maximum absolute atomic E-state index is 13.6. The zero-order valence-corrected chi connectivity index (χ0v) is 23.0. The van der Waals surface area contributed by atoms with E-state index in [2.05, 4.69) is 10.0 Å². The SMILES string of the molecule is CCOC(=O)c1sc(NS(=O)(=O)c2cccc3cccc(Cl)c23)c(C(=O)Nc2ccc(C)c(C)c2)c1C. The average Bonchev–Trinajstić information content (AvgIpc) is 3.16. The Bertz CT molecular complexity index is 1640. The van der Waals surface area contributed by atoms with Crippen molar-refractivity contribution in [2.75, 3.05) is 16.6 Å². The summed E-state index contributed by atoms with van der Waals surface area (Å²) in [5, 5.41) is 4.11. The van der Waals surface area contributed by atoms with Crippen LogP contribution in [0.4, 0.5) is 10.7 Å². The van der Waals surface area contributed by atoms with E-state index >= 15 is 0 Å². The molecule has 0 saturated carbocycles. The maximum atomic E-state index is 13.6. The highest BCUT2D eigenvalue weighted by Gasteiger charge is 2.29. The van der Waals surface area contributed by atoms with Crippen molar-refractivity contribution in [1.29, 1.82) is 0 Å². The van der Waals surface area contributed by atoms with Crippen molar-refractivity contribution in [3.63, 3.8) is 0 Å². The highest BCUT2D eigenvalue weighted by atomic mass is 35.5. The van der Waals surface area contributed by atoms with Gasteiger partial charge in [-0.15, -0.1) is 11.3 Å². The number of nitrogens with one attached hydrogen (secondary N) is 2. The van der Waals surface area contributed by atoms with Crippen molar-refractivity contribution in [2.45, 2.75) is 32.6 Å². The van der Waals surface area contributed by atoms with Crippen LogP contribution in [-0.2, 0) is 14.8 Å². The van der Waals surface area contributed by atoms with Crippen LogP contribution in [0.2, 0.25) is 5.02 Å². The number of sulfonamides is 1. The van der Waals surface area contributed by atoms with Gasteiger partial charge in [0.2, 0.25) is 0 Å². The number of thiophene rings is 1. The van der Waals surface area contributed by atoms with E-state index in [9.17, 15) is 18.0 Å². The Labute approximate surface area is 224 Å². The number of amides is 1. The molecule has 4 aromatic rings. The van der Waals surface area contributed by atoms with Crippen molar-refractivity contribution >= 4 is 66.3 Å². The first-order valence-electron chi connectivity index (χ1n) is 11.4. The van der Waals surface area contributed by atoms with Gasteiger partial charge in [0, 0.05) is 16.1 Å². The summed E-state index contributed by atoms with van der Waals surface area (Å²) in [6.45, 7) is 7.28. The molecule has 0 saturated heterocycles. The molecule has 0 radical (unpaired) electrons. The third-order valence-corrected chi connectivity index (χ3v) is 8.96. The summed E-state index contributed by atoms with van der Waals surface area (Å²) in [5.41, 5.74) is 2.96. The topological polar surface area (TPSA) is 102 Å². The minimum absolute atomic E-state index is 0.00550. The van der Waals surface area contributed by atoms with E-state index in [1.165, 1.54) is 6.07 Å². The smallest absolute Gasteiger partial charge is 0.348 e. The summed E-state index contributed by atoms with van der Waals surface area (Å²) < 4.78 is 34.8. The quantitative estimate of drug-likeness (QED) is 0.246. The molecule has 37 heavy (non-hydrogen) atoms. The van der Waals surface area contributed by atoms with Gasteiger partial charge >= 0.3 is 5.97 Å². The van der Waals surface area contributed by atoms with Crippen LogP contribution in [0.3, 0.4) is 0 Å². The first kappa shape index (κ1) is 26.7. The predicted octanol–water partition coefficient (Wildman–Crippen LogP) is 6.71. The molecule has 7 nitrogen and oxygen atoms in total. The van der Waals surface area contributed by atoms with Gasteiger partial charge in [-0.3, -0.25) is 9.52 Å². The molecule has 0 aliphatic heterocycles. The molecule has 4 rings (SSSR count). The minimum atomic E-state index is -4.20. The van der Waals surface area contributed by atoms with Gasteiger partial charge in [-0.1, -0.05) is 41.9 Å². The molecule has 0 atom stereocenters. The van der Waals surface area contributed by atoms with Gasteiger partial charge in [0.1, 0.15) is 9.88 Å². The predicted molar refractivity (Wildman–Crippen MR) is 149 cm³/mol. The molecule has 10 heteroatoms. The molecule has 0 unspecified atom stereocenters. The van der Waals surface area contributed by atoms with Crippen LogP contribution in [0.25, 0.3) is 10.8 Å². The van der Waals surface area contributed by atoms with E-state index in [0.29, 0.717) is 22.0 Å². The van der Waals surface area contributed by atoms with Gasteiger partial charge in [0.15, 0.2) is 0 Å². The van der Waals surface area contributed by atoms with E-state index in [1.54, 1.807) is 50.2 Å². The maximum Gasteiger partial charge on any atom is 0.348 e. The summed E-state index contributed by atoms with van der Waals surface area (Å²) in [6, 6.07) is 15.4. The molecule has 0 fully saturated rings. The molecule has 0 spiro atoms. The van der Waals surface area contributed by atoms with Gasteiger partial charge in [0.05, 0.1) is 17.1 Å². The second-order valence-electron chi connectivity index (χ2n) is 8.43. The largest absolute Gasteiger partial charge is 0.462 e. The summed E-state index contributed by atoms with van der Waals surface area (Å²) in [6.07, 6.45) is 0. The average molecular weight is 557 g/mol. The molecule has 3 aromatic carbocycles. The van der Waals surface area contributed by atoms with Crippen molar-refractivity contribution in [3.8, 4) is 0 Å². The Hall–Kier alpha value is -3.40. The van der Waals surface area contributed by atoms with Crippen molar-refractivity contribution in [3.05, 3.63) is 86.8 Å². The number of hydrogen-bond acceptors (Lipinski definition) is 6. The van der Waals surface area contributed by atoms with Gasteiger partial charge in [0.25, 0.3) is 15.9 Å². The Kier molecular flexibility index (Phi) is 7.59. The molecule has 0 aliphatic rings. The summed E-state index contributed by atoms with van der Waals surface area (Å²) in [7, 11) is -4.20. The van der Waals surface area contributed by atoms with E-state index in [4.69, 9.17) is 16.3 Å². The number of halogens is 1. The van der Waals surface area contributed by atoms with Crippen LogP contribution in [-0.4, -0.2) is 26.9 Å². The molecule has 0 aliphatic carbocycles. The lowest BCUT2D eigenvalue weighted by Gasteiger charge is -2.13. The number of anilines is 2. The summed E-state index contributed by atoms with van der Waals surface area (Å²) >= 11 is 7.21. The van der Waals surface area contributed by atoms with Crippen LogP contribution in [0.15, 0.2) is 59.5 Å². The monoisotopic (exact) mass is 556 g/mol. The van der Waals surface area contributed by atoms with Crippen molar-refractivity contribution < 1.29 is 22.7 Å². The second-order valence-corrected chi connectivity index (χ2v) is 11.5. The molecular weight excluding hydrogens is 532 g/mol. The number of carbonyl (C=O) groups is 2. The van der Waals surface area contributed by atoms with Crippen LogP contribution >= 0.6 is 22.9 Å². The Morgan fingerprint density at radius 2 is 1.70 bits per heavy atom. The van der Waals surface area contributed by atoms with E-state index in [1.807, 2.05) is 26.0 Å². The number of fused-ring (bicyclic) bond motifs is 1. The van der Waals surface area contributed by atoms with E-state index in [0.717, 1.165) is 22.5 Å². The number of carbonyl (C=O) groups excluding carboxylic acids is 2. The molecule has 1 amide bonds. The third-order valence-electron chi connectivity index (χ3n) is 5.93. The molecule has 1 heterocycles. The lowest BCUT2D eigenvalue weighted by atomic mass is 10.1. The first-order valence-corrected chi connectivity index (χ1v) is 14.1. The number of benzene rings is 3. The molecule has 2 N–H and O–H groups in total. The summed E-state index contributed by atoms with van der Waals surface area (Å²) in [4.78, 5) is 26.1. The van der Waals surface area contributed by atoms with Crippen LogP contribution in [0, 0.1) is 20.8 Å². The molecular formula is C27H25ClN2O5S2. The van der Waals surface area contributed by atoms with Crippen molar-refractivity contribution in [1.82, 2.24) is 0 Å². The van der Waals surface area contributed by atoms with Gasteiger partial charge in [-0.05, 0) is 74.0 Å². The van der Waals surface area contributed by atoms with Gasteiger partial charge in [-0.25, -0.2) is 13.2 Å². The molecule has 1 aromatic heterocycles. The second kappa shape index (κ2) is 10.5. The Morgan fingerprint density at radius 3 is 2.38 bits per heavy atom. The zero-order chi connectivity index (χ0) is 26.9. The number of ether oxygens (including phenoxy) is 1. The van der Waals surface area contributed by atoms with Crippen LogP contribution in [0.1, 0.15) is 43.6 Å². The number of esters is 1. The highest BCUT2D eigenvalue weighted by Crippen LogP contribution is 2.37. The fourth-order valence-electron chi connectivity index (χ4n) is 3.93. The van der Waals surface area contributed by atoms with Crippen LogP contribution < -0.4 is 10.0 Å². The Morgan fingerprint density at radius 1 is 1.00 bits per heavy atom. The Balaban J connectivity index is 1.80. The lowest BCUT2D eigenvalue weighted by Crippen LogP contribution is -2.18. The zero-order valence-electron chi connectivity index (χ0n) is 20.6. The van der Waals surface area contributed by atoms with E-state index in [-0.39, 0.29) is 32.0 Å². The highest BCUT2D eigenvalue weighted by molar-refractivity contribution is 7.93. The van der Waals surface area contributed by atoms with Gasteiger partial charge in [-0.2, -0.15) is 0 Å². The van der Waals surface area contributed by atoms with Crippen molar-refractivity contribution in [2.24, 2.45) is 0 Å². The number of hydrogen-bond donors (Lipinski definition) is 2. The lowest BCUT2D eigenvalue weighted by molar-refractivity contribution is 0.0531. The number of aryl methyl sites for hydroxylation is 2. The third kappa shape index (κ3) is 5.34. The van der Waals surface area contributed by atoms with E-state index < -0.39 is 21.9 Å².